The van der Waals surface area contributed by atoms with Crippen molar-refractivity contribution < 1.29 is 0 Å². The molecule has 0 amide bonds. The number of hydrogen-bond acceptors (Lipinski definition) is 2. The second-order valence-corrected chi connectivity index (χ2v) is 6.25. The molecule has 0 radical (unpaired) electrons. The smallest absolute Gasteiger partial charge is 0.123 e. The van der Waals surface area contributed by atoms with E-state index in [2.05, 4.69) is 84.5 Å². The Kier molecular flexibility index (Phi) is 3.79. The number of para-hydroxylation sites is 2. The van der Waals surface area contributed by atoms with Gasteiger partial charge < -0.3 is 9.88 Å². The van der Waals surface area contributed by atoms with Gasteiger partial charge in [0.1, 0.15) is 5.82 Å². The second-order valence-electron chi connectivity index (χ2n) is 6.25. The van der Waals surface area contributed by atoms with Crippen LogP contribution in [0.1, 0.15) is 24.4 Å². The molecule has 0 saturated carbocycles. The minimum atomic E-state index is 0.260. The van der Waals surface area contributed by atoms with Crippen LogP contribution in [-0.4, -0.2) is 9.55 Å². The Bertz CT molecular complexity index is 995. The van der Waals surface area contributed by atoms with E-state index in [0.717, 1.165) is 17.9 Å². The van der Waals surface area contributed by atoms with Gasteiger partial charge in [-0.1, -0.05) is 54.6 Å². The number of hydrogen-bond donors (Lipinski definition) is 1. The molecule has 0 bridgehead atoms. The zero-order valence-corrected chi connectivity index (χ0v) is 14.0. The Balaban J connectivity index is 1.59. The summed E-state index contributed by atoms with van der Waals surface area (Å²) in [6.07, 6.45) is 0. The Morgan fingerprint density at radius 2 is 1.71 bits per heavy atom. The predicted molar refractivity (Wildman–Crippen MR) is 99.9 cm³/mol. The molecule has 4 aromatic rings. The third kappa shape index (κ3) is 2.57. The molecule has 0 spiro atoms. The number of rotatable bonds is 4. The molecule has 24 heavy (non-hydrogen) atoms. The van der Waals surface area contributed by atoms with Crippen molar-refractivity contribution in [2.75, 3.05) is 0 Å². The Morgan fingerprint density at radius 1 is 0.958 bits per heavy atom. The van der Waals surface area contributed by atoms with Crippen LogP contribution >= 0.6 is 0 Å². The van der Waals surface area contributed by atoms with Gasteiger partial charge in [-0.3, -0.25) is 0 Å². The molecule has 1 aromatic heterocycles. The first kappa shape index (κ1) is 14.9. The molecule has 0 aliphatic rings. The summed E-state index contributed by atoms with van der Waals surface area (Å²) < 4.78 is 2.16. The summed E-state index contributed by atoms with van der Waals surface area (Å²) in [7, 11) is 2.08. The first-order chi connectivity index (χ1) is 11.7. The van der Waals surface area contributed by atoms with Crippen molar-refractivity contribution in [3.05, 3.63) is 78.1 Å². The number of benzene rings is 3. The van der Waals surface area contributed by atoms with E-state index in [4.69, 9.17) is 4.98 Å². The van der Waals surface area contributed by atoms with E-state index in [0.29, 0.717) is 0 Å². The van der Waals surface area contributed by atoms with Crippen LogP contribution in [-0.2, 0) is 13.6 Å². The predicted octanol–water partition coefficient (Wildman–Crippen LogP) is 4.58. The van der Waals surface area contributed by atoms with Crippen molar-refractivity contribution in [2.24, 2.45) is 7.05 Å². The van der Waals surface area contributed by atoms with Gasteiger partial charge in [-0.2, -0.15) is 0 Å². The molecule has 3 heteroatoms. The molecule has 1 atom stereocenters. The fourth-order valence-corrected chi connectivity index (χ4v) is 3.34. The summed E-state index contributed by atoms with van der Waals surface area (Å²) in [6, 6.07) is 23.6. The topological polar surface area (TPSA) is 29.9 Å². The highest BCUT2D eigenvalue weighted by Crippen LogP contribution is 2.24. The molecule has 120 valence electrons. The van der Waals surface area contributed by atoms with E-state index < -0.39 is 0 Å². The van der Waals surface area contributed by atoms with Crippen LogP contribution in [0.15, 0.2) is 66.7 Å². The summed E-state index contributed by atoms with van der Waals surface area (Å²) in [5.74, 6) is 1.06. The average molecular weight is 315 g/mol. The summed E-state index contributed by atoms with van der Waals surface area (Å²) in [6.45, 7) is 2.96. The van der Waals surface area contributed by atoms with E-state index in [-0.39, 0.29) is 6.04 Å². The van der Waals surface area contributed by atoms with Crippen LogP contribution in [0.5, 0.6) is 0 Å². The molecule has 1 heterocycles. The molecule has 4 rings (SSSR count). The molecule has 0 aliphatic carbocycles. The molecule has 3 nitrogen and oxygen atoms in total. The average Bonchev–Trinajstić information content (AvgIpc) is 2.95. The zero-order chi connectivity index (χ0) is 16.5. The maximum atomic E-state index is 4.74. The fraction of sp³-hybridized carbons (Fsp3) is 0.190. The molecule has 0 saturated heterocycles. The van der Waals surface area contributed by atoms with Gasteiger partial charge in [0.25, 0.3) is 0 Å². The van der Waals surface area contributed by atoms with Crippen molar-refractivity contribution in [3.8, 4) is 0 Å². The van der Waals surface area contributed by atoms with E-state index in [9.17, 15) is 0 Å². The quantitative estimate of drug-likeness (QED) is 0.597. The van der Waals surface area contributed by atoms with Crippen molar-refractivity contribution in [3.63, 3.8) is 0 Å². The Hall–Kier alpha value is -2.65. The van der Waals surface area contributed by atoms with Crippen LogP contribution in [0.2, 0.25) is 0 Å². The third-order valence-electron chi connectivity index (χ3n) is 4.74. The van der Waals surface area contributed by atoms with E-state index >= 15 is 0 Å². The third-order valence-corrected chi connectivity index (χ3v) is 4.74. The Labute approximate surface area is 142 Å². The van der Waals surface area contributed by atoms with Crippen molar-refractivity contribution in [1.82, 2.24) is 14.9 Å². The van der Waals surface area contributed by atoms with Crippen LogP contribution in [0, 0.1) is 0 Å². The maximum Gasteiger partial charge on any atom is 0.123 e. The summed E-state index contributed by atoms with van der Waals surface area (Å²) in [4.78, 5) is 4.74. The first-order valence-corrected chi connectivity index (χ1v) is 8.35. The van der Waals surface area contributed by atoms with E-state index in [1.54, 1.807) is 0 Å². The minimum absolute atomic E-state index is 0.260. The second kappa shape index (κ2) is 6.10. The maximum absolute atomic E-state index is 4.74. The van der Waals surface area contributed by atoms with Crippen LogP contribution in [0.25, 0.3) is 21.8 Å². The number of nitrogens with zero attached hydrogens (tertiary/aromatic N) is 2. The largest absolute Gasteiger partial charge is 0.330 e. The van der Waals surface area contributed by atoms with Gasteiger partial charge >= 0.3 is 0 Å². The van der Waals surface area contributed by atoms with E-state index in [1.165, 1.54) is 21.9 Å². The summed E-state index contributed by atoms with van der Waals surface area (Å²) >= 11 is 0. The zero-order valence-electron chi connectivity index (χ0n) is 14.0. The summed E-state index contributed by atoms with van der Waals surface area (Å²) in [5.41, 5.74) is 3.55. The van der Waals surface area contributed by atoms with Gasteiger partial charge in [-0.05, 0) is 35.4 Å². The molecule has 1 N–H and O–H groups in total. The molecular weight excluding hydrogens is 294 g/mol. The lowest BCUT2D eigenvalue weighted by atomic mass is 10.00. The van der Waals surface area contributed by atoms with Gasteiger partial charge in [-0.15, -0.1) is 0 Å². The van der Waals surface area contributed by atoms with Gasteiger partial charge in [0, 0.05) is 13.1 Å². The van der Waals surface area contributed by atoms with Gasteiger partial charge in [-0.25, -0.2) is 4.98 Å². The van der Waals surface area contributed by atoms with Gasteiger partial charge in [0.05, 0.1) is 17.6 Å². The normalized spacial score (nSPS) is 12.8. The number of nitrogens with one attached hydrogen (secondary N) is 1. The highest BCUT2D eigenvalue weighted by molar-refractivity contribution is 5.86. The monoisotopic (exact) mass is 315 g/mol. The van der Waals surface area contributed by atoms with E-state index in [1.807, 2.05) is 6.07 Å². The lowest BCUT2D eigenvalue weighted by Crippen LogP contribution is -2.20. The number of aromatic nitrogens is 2. The van der Waals surface area contributed by atoms with Crippen LogP contribution in [0.4, 0.5) is 0 Å². The standard InChI is InChI=1S/C21H21N3/c1-15(17-11-7-9-16-8-3-4-10-18(16)17)22-14-21-23-19-12-5-6-13-20(19)24(21)2/h3-13,15,22H,14H2,1-2H3/t15-/m1/s1. The fourth-order valence-electron chi connectivity index (χ4n) is 3.34. The molecule has 0 fully saturated rings. The molecular formula is C21H21N3. The minimum Gasteiger partial charge on any atom is -0.330 e. The van der Waals surface area contributed by atoms with Crippen molar-refractivity contribution in [2.45, 2.75) is 19.5 Å². The van der Waals surface area contributed by atoms with Crippen LogP contribution in [0.3, 0.4) is 0 Å². The number of imidazole rings is 1. The van der Waals surface area contributed by atoms with Crippen LogP contribution < -0.4 is 5.32 Å². The summed E-state index contributed by atoms with van der Waals surface area (Å²) in [5, 5.41) is 6.22. The number of fused-ring (bicyclic) bond motifs is 2. The molecule has 0 unspecified atom stereocenters. The highest BCUT2D eigenvalue weighted by Gasteiger charge is 2.11. The SMILES string of the molecule is C[C@@H](NCc1nc2ccccc2n1C)c1cccc2ccccc12. The Morgan fingerprint density at radius 3 is 2.58 bits per heavy atom. The van der Waals surface area contributed by atoms with Crippen molar-refractivity contribution in [1.29, 1.82) is 0 Å². The van der Waals surface area contributed by atoms with Gasteiger partial charge in [0.2, 0.25) is 0 Å². The highest BCUT2D eigenvalue weighted by atomic mass is 15.1. The lowest BCUT2D eigenvalue weighted by Gasteiger charge is -2.16. The molecule has 3 aromatic carbocycles. The lowest BCUT2D eigenvalue weighted by molar-refractivity contribution is 0.554. The number of aryl methyl sites for hydroxylation is 1. The molecule has 0 aliphatic heterocycles. The van der Waals surface area contributed by atoms with Crippen molar-refractivity contribution >= 4 is 21.8 Å². The van der Waals surface area contributed by atoms with Gasteiger partial charge in [0.15, 0.2) is 0 Å². The first-order valence-electron chi connectivity index (χ1n) is 8.35.